The predicted octanol–water partition coefficient (Wildman–Crippen LogP) is 2.13. The zero-order chi connectivity index (χ0) is 12.8. The number of sulfonamides is 1. The highest BCUT2D eigenvalue weighted by Crippen LogP contribution is 2.32. The number of halogens is 1. The van der Waals surface area contributed by atoms with E-state index in [-0.39, 0.29) is 10.2 Å². The topological polar surface area (TPSA) is 63.5 Å². The summed E-state index contributed by atoms with van der Waals surface area (Å²) in [6.07, 6.45) is 4.98. The van der Waals surface area contributed by atoms with Crippen molar-refractivity contribution in [2.24, 2.45) is 5.92 Å². The number of nitrogens with zero attached hydrogens (tertiary/aromatic N) is 2. The van der Waals surface area contributed by atoms with Crippen LogP contribution in [0.1, 0.15) is 19.3 Å². The summed E-state index contributed by atoms with van der Waals surface area (Å²) in [7, 11) is -3.59. The summed E-state index contributed by atoms with van der Waals surface area (Å²) in [6.45, 7) is 0.459. The summed E-state index contributed by atoms with van der Waals surface area (Å²) in [5.74, 6) is 0.690. The lowest BCUT2D eigenvalue weighted by Crippen LogP contribution is -2.26. The molecule has 1 saturated carbocycles. The molecule has 2 heterocycles. The molecule has 0 aromatic carbocycles. The largest absolute Gasteiger partial charge is 0.279 e. The van der Waals surface area contributed by atoms with Crippen molar-refractivity contribution in [2.45, 2.75) is 24.3 Å². The van der Waals surface area contributed by atoms with Crippen LogP contribution in [0.4, 0.5) is 0 Å². The minimum Gasteiger partial charge on any atom is -0.279 e. The third-order valence-corrected chi connectivity index (χ3v) is 5.59. The molecule has 0 atom stereocenters. The lowest BCUT2D eigenvalue weighted by Gasteiger charge is -2.05. The molecule has 1 N–H and O–H groups in total. The Morgan fingerprint density at radius 2 is 2.33 bits per heavy atom. The Kier molecular flexibility index (Phi) is 3.09. The number of aromatic nitrogens is 2. The summed E-state index contributed by atoms with van der Waals surface area (Å²) in [4.78, 5) is 4.61. The number of nitrogens with one attached hydrogen (secondary N) is 1. The Morgan fingerprint density at radius 3 is 3.06 bits per heavy atom. The minimum atomic E-state index is -3.59. The van der Waals surface area contributed by atoms with Crippen molar-refractivity contribution in [2.75, 3.05) is 6.54 Å². The summed E-state index contributed by atoms with van der Waals surface area (Å²) < 4.78 is 28.4. The Hall–Kier alpha value is -0.630. The van der Waals surface area contributed by atoms with E-state index in [4.69, 9.17) is 11.6 Å². The monoisotopic (exact) mass is 305 g/mol. The van der Waals surface area contributed by atoms with Gasteiger partial charge < -0.3 is 0 Å². The molecule has 2 aromatic rings. The number of imidazole rings is 1. The molecule has 0 spiro atoms. The second-order valence-corrected chi connectivity index (χ2v) is 7.31. The first-order valence-corrected chi connectivity index (χ1v) is 8.43. The first kappa shape index (κ1) is 12.4. The van der Waals surface area contributed by atoms with Crippen LogP contribution in [0.3, 0.4) is 0 Å². The van der Waals surface area contributed by atoms with Crippen molar-refractivity contribution in [1.29, 1.82) is 0 Å². The molecule has 5 nitrogen and oxygen atoms in total. The molecular weight excluding hydrogens is 294 g/mol. The van der Waals surface area contributed by atoms with Crippen LogP contribution < -0.4 is 4.72 Å². The third kappa shape index (κ3) is 2.27. The van der Waals surface area contributed by atoms with Crippen molar-refractivity contribution in [3.05, 3.63) is 16.7 Å². The number of rotatable bonds is 5. The molecule has 0 aliphatic heterocycles. The lowest BCUT2D eigenvalue weighted by atomic mass is 10.3. The lowest BCUT2D eigenvalue weighted by molar-refractivity contribution is 0.570. The molecule has 8 heteroatoms. The molecule has 0 radical (unpaired) electrons. The second kappa shape index (κ2) is 4.48. The van der Waals surface area contributed by atoms with Gasteiger partial charge in [0.2, 0.25) is 0 Å². The molecular formula is C10H12ClN3O2S2. The van der Waals surface area contributed by atoms with Crippen LogP contribution in [-0.2, 0) is 10.0 Å². The van der Waals surface area contributed by atoms with E-state index in [9.17, 15) is 8.42 Å². The molecule has 0 bridgehead atoms. The van der Waals surface area contributed by atoms with E-state index in [2.05, 4.69) is 9.71 Å². The van der Waals surface area contributed by atoms with Crippen LogP contribution in [0.15, 0.2) is 16.6 Å². The van der Waals surface area contributed by atoms with E-state index < -0.39 is 10.0 Å². The van der Waals surface area contributed by atoms with Gasteiger partial charge in [-0.15, -0.1) is 11.3 Å². The highest BCUT2D eigenvalue weighted by molar-refractivity contribution is 7.89. The highest BCUT2D eigenvalue weighted by atomic mass is 35.5. The SMILES string of the molecule is O=S(=O)(NCCC1CC1)c1c(Cl)nc2sccn12. The molecule has 0 unspecified atom stereocenters. The normalized spacial score (nSPS) is 16.5. The van der Waals surface area contributed by atoms with Crippen LogP contribution in [0, 0.1) is 5.92 Å². The Morgan fingerprint density at radius 1 is 1.56 bits per heavy atom. The van der Waals surface area contributed by atoms with Gasteiger partial charge in [-0.25, -0.2) is 18.1 Å². The second-order valence-electron chi connectivity index (χ2n) is 4.39. The zero-order valence-corrected chi connectivity index (χ0v) is 11.9. The zero-order valence-electron chi connectivity index (χ0n) is 9.47. The molecule has 98 valence electrons. The van der Waals surface area contributed by atoms with E-state index in [1.165, 1.54) is 28.6 Å². The first-order chi connectivity index (χ1) is 8.58. The quantitative estimate of drug-likeness (QED) is 0.920. The molecule has 18 heavy (non-hydrogen) atoms. The highest BCUT2D eigenvalue weighted by Gasteiger charge is 2.26. The molecule has 1 aliphatic rings. The summed E-state index contributed by atoms with van der Waals surface area (Å²) in [5.41, 5.74) is 0. The fraction of sp³-hybridized carbons (Fsp3) is 0.500. The summed E-state index contributed by atoms with van der Waals surface area (Å²) >= 11 is 7.26. The van der Waals surface area contributed by atoms with E-state index >= 15 is 0 Å². The number of hydrogen-bond acceptors (Lipinski definition) is 4. The van der Waals surface area contributed by atoms with Crippen molar-refractivity contribution in [1.82, 2.24) is 14.1 Å². The Bertz CT molecular complexity index is 672. The summed E-state index contributed by atoms with van der Waals surface area (Å²) in [5, 5.41) is 1.85. The Labute approximate surface area is 114 Å². The van der Waals surface area contributed by atoms with Gasteiger partial charge in [-0.05, 0) is 12.3 Å². The number of fused-ring (bicyclic) bond motifs is 1. The van der Waals surface area contributed by atoms with Gasteiger partial charge >= 0.3 is 0 Å². The maximum Gasteiger partial charge on any atom is 0.259 e. The molecule has 0 saturated heterocycles. The molecule has 3 rings (SSSR count). The van der Waals surface area contributed by atoms with E-state index in [0.29, 0.717) is 17.4 Å². The number of hydrogen-bond donors (Lipinski definition) is 1. The first-order valence-electron chi connectivity index (χ1n) is 5.68. The van der Waals surface area contributed by atoms with Gasteiger partial charge in [0, 0.05) is 18.1 Å². The summed E-state index contributed by atoms with van der Waals surface area (Å²) in [6, 6.07) is 0. The van der Waals surface area contributed by atoms with Crippen LogP contribution in [-0.4, -0.2) is 24.3 Å². The van der Waals surface area contributed by atoms with Crippen LogP contribution in [0.2, 0.25) is 5.15 Å². The van der Waals surface area contributed by atoms with Crippen molar-refractivity contribution in [3.63, 3.8) is 0 Å². The van der Waals surface area contributed by atoms with Crippen molar-refractivity contribution in [3.8, 4) is 0 Å². The van der Waals surface area contributed by atoms with Gasteiger partial charge in [0.25, 0.3) is 10.0 Å². The number of thiazole rings is 1. The maximum absolute atomic E-state index is 12.2. The maximum atomic E-state index is 12.2. The average molecular weight is 306 g/mol. The third-order valence-electron chi connectivity index (χ3n) is 2.97. The fourth-order valence-corrected chi connectivity index (χ4v) is 4.35. The predicted molar refractivity (Wildman–Crippen MR) is 70.6 cm³/mol. The van der Waals surface area contributed by atoms with Crippen molar-refractivity contribution >= 4 is 37.9 Å². The van der Waals surface area contributed by atoms with Crippen LogP contribution >= 0.6 is 22.9 Å². The standard InChI is InChI=1S/C10H12ClN3O2S2/c11-8-9(14-5-6-17-10(14)13-8)18(15,16)12-4-3-7-1-2-7/h5-7,12H,1-4H2. The smallest absolute Gasteiger partial charge is 0.259 e. The minimum absolute atomic E-state index is 0.0285. The van der Waals surface area contributed by atoms with Gasteiger partial charge in [0.05, 0.1) is 0 Å². The van der Waals surface area contributed by atoms with Gasteiger partial charge in [0.1, 0.15) is 0 Å². The van der Waals surface area contributed by atoms with Crippen LogP contribution in [0.25, 0.3) is 4.96 Å². The molecule has 1 fully saturated rings. The van der Waals surface area contributed by atoms with Crippen LogP contribution in [0.5, 0.6) is 0 Å². The van der Waals surface area contributed by atoms with Gasteiger partial charge in [-0.3, -0.25) is 4.40 Å². The molecule has 0 amide bonds. The van der Waals surface area contributed by atoms with E-state index in [0.717, 1.165) is 6.42 Å². The van der Waals surface area contributed by atoms with Crippen molar-refractivity contribution < 1.29 is 8.42 Å². The fourth-order valence-electron chi connectivity index (χ4n) is 1.85. The average Bonchev–Trinajstić information content (AvgIpc) is 2.89. The van der Waals surface area contributed by atoms with Gasteiger partial charge in [-0.1, -0.05) is 24.4 Å². The Balaban J connectivity index is 1.86. The van der Waals surface area contributed by atoms with E-state index in [1.54, 1.807) is 11.6 Å². The molecule has 1 aliphatic carbocycles. The van der Waals surface area contributed by atoms with Gasteiger partial charge in [-0.2, -0.15) is 0 Å². The van der Waals surface area contributed by atoms with E-state index in [1.807, 2.05) is 0 Å². The molecule has 2 aromatic heterocycles. The van der Waals surface area contributed by atoms with Gasteiger partial charge in [0.15, 0.2) is 15.1 Å².